The molecule has 0 bridgehead atoms. The van der Waals surface area contributed by atoms with E-state index < -0.39 is 0 Å². The van der Waals surface area contributed by atoms with Crippen LogP contribution in [0.2, 0.25) is 0 Å². The lowest BCUT2D eigenvalue weighted by molar-refractivity contribution is -0.132. The van der Waals surface area contributed by atoms with Gasteiger partial charge in [-0.2, -0.15) is 0 Å². The van der Waals surface area contributed by atoms with Gasteiger partial charge in [0.05, 0.1) is 0 Å². The van der Waals surface area contributed by atoms with Crippen LogP contribution in [-0.2, 0) is 9.59 Å². The van der Waals surface area contributed by atoms with Gasteiger partial charge in [0.1, 0.15) is 11.5 Å². The molecule has 138 valence electrons. The van der Waals surface area contributed by atoms with Crippen LogP contribution in [0.5, 0.6) is 11.5 Å². The van der Waals surface area contributed by atoms with Gasteiger partial charge >= 0.3 is 11.9 Å². The van der Waals surface area contributed by atoms with Gasteiger partial charge in [0.25, 0.3) is 0 Å². The van der Waals surface area contributed by atoms with E-state index in [4.69, 9.17) is 9.47 Å². The lowest BCUT2D eigenvalue weighted by atomic mass is 9.78. The molecular weight excluding hydrogens is 328 g/mol. The van der Waals surface area contributed by atoms with Crippen molar-refractivity contribution in [3.63, 3.8) is 0 Å². The maximum Gasteiger partial charge on any atom is 0.308 e. The fourth-order valence-electron chi connectivity index (χ4n) is 3.32. The molecule has 2 rings (SSSR count). The molecule has 0 saturated carbocycles. The van der Waals surface area contributed by atoms with Crippen LogP contribution in [0.4, 0.5) is 0 Å². The van der Waals surface area contributed by atoms with Crippen LogP contribution in [0.3, 0.4) is 0 Å². The molecule has 0 aromatic heterocycles. The van der Waals surface area contributed by atoms with E-state index in [1.54, 1.807) is 0 Å². The minimum Gasteiger partial charge on any atom is -0.427 e. The van der Waals surface area contributed by atoms with Crippen molar-refractivity contribution in [3.8, 4) is 11.5 Å². The normalized spacial score (nSPS) is 10.8. The average Bonchev–Trinajstić information content (AvgIpc) is 2.60. The summed E-state index contributed by atoms with van der Waals surface area (Å²) in [5.74, 6) is 1.16. The van der Waals surface area contributed by atoms with E-state index in [1.165, 1.54) is 25.0 Å². The number of benzene rings is 2. The lowest BCUT2D eigenvalue weighted by Crippen LogP contribution is -2.13. The molecule has 0 N–H and O–H groups in total. The summed E-state index contributed by atoms with van der Waals surface area (Å²) in [6.07, 6.45) is 2.11. The fraction of sp³-hybridized carbons (Fsp3) is 0.364. The molecular formula is C22H26O4. The molecule has 0 radical (unpaired) electrons. The largest absolute Gasteiger partial charge is 0.427 e. The Morgan fingerprint density at radius 3 is 1.35 bits per heavy atom. The summed E-state index contributed by atoms with van der Waals surface area (Å²) in [5.41, 5.74) is 2.35. The SMILES string of the molecule is CCC(CC)C(c1ccc(OC(C)=O)cc1)c1ccc(OC(C)=O)cc1. The molecule has 26 heavy (non-hydrogen) atoms. The minimum absolute atomic E-state index is 0.225. The smallest absolute Gasteiger partial charge is 0.308 e. The Hall–Kier alpha value is -2.62. The van der Waals surface area contributed by atoms with E-state index in [1.807, 2.05) is 48.5 Å². The Balaban J connectivity index is 2.34. The molecule has 0 atom stereocenters. The van der Waals surface area contributed by atoms with Gasteiger partial charge in [-0.05, 0) is 41.3 Å². The number of hydrogen-bond acceptors (Lipinski definition) is 4. The van der Waals surface area contributed by atoms with Crippen LogP contribution < -0.4 is 9.47 Å². The highest BCUT2D eigenvalue weighted by Crippen LogP contribution is 2.37. The maximum absolute atomic E-state index is 11.1. The van der Waals surface area contributed by atoms with Gasteiger partial charge in [-0.3, -0.25) is 9.59 Å². The van der Waals surface area contributed by atoms with Gasteiger partial charge in [-0.25, -0.2) is 0 Å². The molecule has 0 amide bonds. The van der Waals surface area contributed by atoms with E-state index in [-0.39, 0.29) is 17.9 Å². The summed E-state index contributed by atoms with van der Waals surface area (Å²) < 4.78 is 10.3. The van der Waals surface area contributed by atoms with Crippen LogP contribution >= 0.6 is 0 Å². The third kappa shape index (κ3) is 5.19. The summed E-state index contributed by atoms with van der Waals surface area (Å²) in [6.45, 7) is 7.18. The molecule has 0 unspecified atom stereocenters. The summed E-state index contributed by atoms with van der Waals surface area (Å²) >= 11 is 0. The zero-order valence-corrected chi connectivity index (χ0v) is 15.8. The highest BCUT2D eigenvalue weighted by atomic mass is 16.5. The van der Waals surface area contributed by atoms with E-state index in [9.17, 15) is 9.59 Å². The zero-order chi connectivity index (χ0) is 19.1. The third-order valence-corrected chi connectivity index (χ3v) is 4.52. The first-order valence-electron chi connectivity index (χ1n) is 9.01. The molecule has 0 spiro atoms. The van der Waals surface area contributed by atoms with E-state index >= 15 is 0 Å². The molecule has 0 heterocycles. The number of hydrogen-bond donors (Lipinski definition) is 0. The average molecular weight is 354 g/mol. The Bertz CT molecular complexity index is 668. The second-order valence-corrected chi connectivity index (χ2v) is 6.38. The maximum atomic E-state index is 11.1. The zero-order valence-electron chi connectivity index (χ0n) is 15.8. The number of esters is 2. The first-order chi connectivity index (χ1) is 12.4. The molecule has 0 fully saturated rings. The summed E-state index contributed by atoms with van der Waals surface area (Å²) in [6, 6.07) is 15.4. The summed E-state index contributed by atoms with van der Waals surface area (Å²) in [7, 11) is 0. The molecule has 0 aliphatic heterocycles. The van der Waals surface area contributed by atoms with Gasteiger partial charge in [0.2, 0.25) is 0 Å². The number of rotatable bonds is 7. The van der Waals surface area contributed by atoms with E-state index in [2.05, 4.69) is 13.8 Å². The second-order valence-electron chi connectivity index (χ2n) is 6.38. The van der Waals surface area contributed by atoms with Gasteiger partial charge in [-0.1, -0.05) is 51.0 Å². The van der Waals surface area contributed by atoms with Gasteiger partial charge < -0.3 is 9.47 Å². The number of carbonyl (C=O) groups excluding carboxylic acids is 2. The van der Waals surface area contributed by atoms with E-state index in [0.717, 1.165) is 12.8 Å². The molecule has 0 aliphatic rings. The van der Waals surface area contributed by atoms with Crippen molar-refractivity contribution in [1.29, 1.82) is 0 Å². The topological polar surface area (TPSA) is 52.6 Å². The Morgan fingerprint density at radius 1 is 0.731 bits per heavy atom. The molecule has 0 saturated heterocycles. The number of carbonyl (C=O) groups is 2. The fourth-order valence-corrected chi connectivity index (χ4v) is 3.32. The summed E-state index contributed by atoms with van der Waals surface area (Å²) in [4.78, 5) is 22.2. The van der Waals surface area contributed by atoms with Crippen molar-refractivity contribution in [2.75, 3.05) is 0 Å². The standard InChI is InChI=1S/C22H26O4/c1-5-17(6-2)22(18-7-11-20(12-8-18)25-15(3)23)19-9-13-21(14-10-19)26-16(4)24/h7-14,17,22H,5-6H2,1-4H3. The third-order valence-electron chi connectivity index (χ3n) is 4.52. The van der Waals surface area contributed by atoms with E-state index in [0.29, 0.717) is 17.4 Å². The highest BCUT2D eigenvalue weighted by molar-refractivity contribution is 5.69. The molecule has 0 aliphatic carbocycles. The van der Waals surface area contributed by atoms with Crippen molar-refractivity contribution in [1.82, 2.24) is 0 Å². The molecule has 2 aromatic rings. The Labute approximate surface area is 155 Å². The first kappa shape index (κ1) is 19.7. The Kier molecular flexibility index (Phi) is 6.96. The predicted octanol–water partition coefficient (Wildman–Crippen LogP) is 5.11. The van der Waals surface area contributed by atoms with Crippen molar-refractivity contribution in [3.05, 3.63) is 59.7 Å². The van der Waals surface area contributed by atoms with Crippen LogP contribution in [0, 0.1) is 5.92 Å². The number of ether oxygens (including phenoxy) is 2. The molecule has 2 aromatic carbocycles. The van der Waals surface area contributed by atoms with Gasteiger partial charge in [0.15, 0.2) is 0 Å². The van der Waals surface area contributed by atoms with Crippen LogP contribution in [0.1, 0.15) is 57.6 Å². The van der Waals surface area contributed by atoms with Crippen molar-refractivity contribution < 1.29 is 19.1 Å². The monoisotopic (exact) mass is 354 g/mol. The minimum atomic E-state index is -0.324. The molecule has 4 heteroatoms. The predicted molar refractivity (Wildman–Crippen MR) is 101 cm³/mol. The van der Waals surface area contributed by atoms with Crippen LogP contribution in [-0.4, -0.2) is 11.9 Å². The molecule has 4 nitrogen and oxygen atoms in total. The van der Waals surface area contributed by atoms with Crippen molar-refractivity contribution in [2.45, 2.75) is 46.5 Å². The first-order valence-corrected chi connectivity index (χ1v) is 9.01. The van der Waals surface area contributed by atoms with Gasteiger partial charge in [0, 0.05) is 19.8 Å². The van der Waals surface area contributed by atoms with Crippen LogP contribution in [0.15, 0.2) is 48.5 Å². The second kappa shape index (κ2) is 9.18. The van der Waals surface area contributed by atoms with Crippen molar-refractivity contribution >= 4 is 11.9 Å². The highest BCUT2D eigenvalue weighted by Gasteiger charge is 2.22. The van der Waals surface area contributed by atoms with Crippen LogP contribution in [0.25, 0.3) is 0 Å². The van der Waals surface area contributed by atoms with Crippen molar-refractivity contribution in [2.24, 2.45) is 5.92 Å². The summed E-state index contributed by atoms with van der Waals surface area (Å²) in [5, 5.41) is 0. The Morgan fingerprint density at radius 2 is 1.08 bits per heavy atom. The van der Waals surface area contributed by atoms with Gasteiger partial charge in [-0.15, -0.1) is 0 Å². The lowest BCUT2D eigenvalue weighted by Gasteiger charge is -2.26. The quantitative estimate of drug-likeness (QED) is 0.512.